The highest BCUT2D eigenvalue weighted by Gasteiger charge is 2.41. The summed E-state index contributed by atoms with van der Waals surface area (Å²) in [5, 5.41) is 21.1. The van der Waals surface area contributed by atoms with E-state index in [1.165, 1.54) is 0 Å². The molecule has 0 aromatic rings. The van der Waals surface area contributed by atoms with Gasteiger partial charge >= 0.3 is 0 Å². The standard InChI is InChI=1S/C10H18N2O/c1-2-9(13)7-12-8-10(3-4-10)5-6-11/h9,12-13H,2-5,7-8H2,1H3. The smallest absolute Gasteiger partial charge is 0.0662 e. The third-order valence-corrected chi connectivity index (χ3v) is 2.76. The van der Waals surface area contributed by atoms with E-state index in [0.717, 1.165) is 25.8 Å². The number of nitrogens with one attached hydrogen (secondary N) is 1. The van der Waals surface area contributed by atoms with Crippen LogP contribution >= 0.6 is 0 Å². The van der Waals surface area contributed by atoms with Gasteiger partial charge in [0.25, 0.3) is 0 Å². The molecule has 1 fully saturated rings. The van der Waals surface area contributed by atoms with E-state index in [2.05, 4.69) is 11.4 Å². The lowest BCUT2D eigenvalue weighted by Crippen LogP contribution is -2.31. The number of nitriles is 1. The summed E-state index contributed by atoms with van der Waals surface area (Å²) in [5.74, 6) is 0. The summed E-state index contributed by atoms with van der Waals surface area (Å²) in [4.78, 5) is 0. The van der Waals surface area contributed by atoms with Crippen LogP contribution in [0.2, 0.25) is 0 Å². The van der Waals surface area contributed by atoms with Crippen molar-refractivity contribution in [1.29, 1.82) is 5.26 Å². The second-order valence-corrected chi connectivity index (χ2v) is 4.03. The van der Waals surface area contributed by atoms with E-state index in [-0.39, 0.29) is 11.5 Å². The van der Waals surface area contributed by atoms with Gasteiger partial charge in [-0.2, -0.15) is 5.26 Å². The van der Waals surface area contributed by atoms with Crippen LogP contribution in [0.25, 0.3) is 0 Å². The molecule has 0 bridgehead atoms. The van der Waals surface area contributed by atoms with Gasteiger partial charge in [-0.3, -0.25) is 0 Å². The summed E-state index contributed by atoms with van der Waals surface area (Å²) in [6, 6.07) is 2.22. The molecule has 1 aliphatic rings. The van der Waals surface area contributed by atoms with E-state index < -0.39 is 0 Å². The first kappa shape index (κ1) is 10.5. The molecule has 0 aliphatic heterocycles. The Bertz CT molecular complexity index is 194. The first-order chi connectivity index (χ1) is 6.22. The topological polar surface area (TPSA) is 56.0 Å². The van der Waals surface area contributed by atoms with Gasteiger partial charge in [-0.05, 0) is 24.7 Å². The number of hydrogen-bond acceptors (Lipinski definition) is 3. The van der Waals surface area contributed by atoms with Gasteiger partial charge < -0.3 is 10.4 Å². The highest BCUT2D eigenvalue weighted by Crippen LogP contribution is 2.47. The number of hydrogen-bond donors (Lipinski definition) is 2. The van der Waals surface area contributed by atoms with E-state index in [9.17, 15) is 5.11 Å². The van der Waals surface area contributed by atoms with Crippen LogP contribution in [-0.4, -0.2) is 24.3 Å². The molecule has 0 amide bonds. The van der Waals surface area contributed by atoms with E-state index in [1.54, 1.807) is 0 Å². The summed E-state index contributed by atoms with van der Waals surface area (Å²) in [5.41, 5.74) is 0.252. The summed E-state index contributed by atoms with van der Waals surface area (Å²) in [6.07, 6.45) is 3.53. The van der Waals surface area contributed by atoms with Crippen LogP contribution in [0.1, 0.15) is 32.6 Å². The molecule has 0 radical (unpaired) electrons. The molecular weight excluding hydrogens is 164 g/mol. The largest absolute Gasteiger partial charge is 0.392 e. The Balaban J connectivity index is 2.09. The van der Waals surface area contributed by atoms with Crippen LogP contribution in [0, 0.1) is 16.7 Å². The Morgan fingerprint density at radius 3 is 2.77 bits per heavy atom. The van der Waals surface area contributed by atoms with Crippen molar-refractivity contribution in [2.45, 2.75) is 38.7 Å². The Morgan fingerprint density at radius 1 is 1.62 bits per heavy atom. The molecule has 1 aliphatic carbocycles. The fraction of sp³-hybridized carbons (Fsp3) is 0.900. The molecule has 13 heavy (non-hydrogen) atoms. The minimum Gasteiger partial charge on any atom is -0.392 e. The SMILES string of the molecule is CCC(O)CNCC1(CC#N)CC1. The number of nitrogens with zero attached hydrogens (tertiary/aromatic N) is 1. The van der Waals surface area contributed by atoms with Crippen molar-refractivity contribution in [1.82, 2.24) is 5.32 Å². The molecule has 1 atom stereocenters. The molecule has 3 nitrogen and oxygen atoms in total. The molecule has 3 heteroatoms. The van der Waals surface area contributed by atoms with Gasteiger partial charge in [-0.25, -0.2) is 0 Å². The van der Waals surface area contributed by atoms with Crippen molar-refractivity contribution >= 4 is 0 Å². The van der Waals surface area contributed by atoms with Gasteiger partial charge in [0.2, 0.25) is 0 Å². The van der Waals surface area contributed by atoms with Gasteiger partial charge in [0.05, 0.1) is 12.2 Å². The summed E-state index contributed by atoms with van der Waals surface area (Å²) < 4.78 is 0. The number of aliphatic hydroxyl groups excluding tert-OH is 1. The molecule has 0 spiro atoms. The Kier molecular flexibility index (Phi) is 3.71. The zero-order valence-electron chi connectivity index (χ0n) is 8.21. The highest BCUT2D eigenvalue weighted by atomic mass is 16.3. The van der Waals surface area contributed by atoms with Crippen LogP contribution in [0.15, 0.2) is 0 Å². The van der Waals surface area contributed by atoms with Crippen molar-refractivity contribution < 1.29 is 5.11 Å². The van der Waals surface area contributed by atoms with E-state index in [1.807, 2.05) is 6.92 Å². The molecule has 0 saturated heterocycles. The van der Waals surface area contributed by atoms with Gasteiger partial charge in [-0.1, -0.05) is 6.92 Å². The van der Waals surface area contributed by atoms with Crippen LogP contribution in [0.5, 0.6) is 0 Å². The lowest BCUT2D eigenvalue weighted by atomic mass is 10.0. The molecule has 0 aromatic carbocycles. The average molecular weight is 182 g/mol. The predicted octanol–water partition coefficient (Wildman–Crippen LogP) is 1.04. The normalized spacial score (nSPS) is 20.7. The molecule has 1 unspecified atom stereocenters. The predicted molar refractivity (Wildman–Crippen MR) is 51.1 cm³/mol. The third-order valence-electron chi connectivity index (χ3n) is 2.76. The van der Waals surface area contributed by atoms with E-state index >= 15 is 0 Å². The van der Waals surface area contributed by atoms with Gasteiger partial charge in [0.15, 0.2) is 0 Å². The lowest BCUT2D eigenvalue weighted by Gasteiger charge is -2.14. The Morgan fingerprint density at radius 2 is 2.31 bits per heavy atom. The number of aliphatic hydroxyl groups is 1. The first-order valence-electron chi connectivity index (χ1n) is 4.98. The number of rotatable bonds is 6. The van der Waals surface area contributed by atoms with Crippen molar-refractivity contribution in [2.24, 2.45) is 5.41 Å². The third kappa shape index (κ3) is 3.33. The maximum atomic E-state index is 9.28. The molecular formula is C10H18N2O. The highest BCUT2D eigenvalue weighted by molar-refractivity contribution is 5.00. The zero-order valence-corrected chi connectivity index (χ0v) is 8.21. The second kappa shape index (κ2) is 4.59. The van der Waals surface area contributed by atoms with Crippen LogP contribution in [-0.2, 0) is 0 Å². The lowest BCUT2D eigenvalue weighted by molar-refractivity contribution is 0.165. The van der Waals surface area contributed by atoms with Gasteiger partial charge in [0, 0.05) is 19.5 Å². The summed E-state index contributed by atoms with van der Waals surface area (Å²) in [7, 11) is 0. The minimum atomic E-state index is -0.238. The minimum absolute atomic E-state index is 0.238. The fourth-order valence-electron chi connectivity index (χ4n) is 1.41. The monoisotopic (exact) mass is 182 g/mol. The molecule has 0 heterocycles. The molecule has 1 saturated carbocycles. The van der Waals surface area contributed by atoms with Gasteiger partial charge in [-0.15, -0.1) is 0 Å². The van der Waals surface area contributed by atoms with E-state index in [4.69, 9.17) is 5.26 Å². The van der Waals surface area contributed by atoms with Crippen LogP contribution in [0.3, 0.4) is 0 Å². The van der Waals surface area contributed by atoms with Crippen molar-refractivity contribution in [3.63, 3.8) is 0 Å². The fourth-order valence-corrected chi connectivity index (χ4v) is 1.41. The van der Waals surface area contributed by atoms with E-state index in [0.29, 0.717) is 13.0 Å². The van der Waals surface area contributed by atoms with Crippen molar-refractivity contribution in [3.05, 3.63) is 0 Å². The maximum absolute atomic E-state index is 9.28. The van der Waals surface area contributed by atoms with Crippen LogP contribution < -0.4 is 5.32 Å². The Labute approximate surface area is 79.8 Å². The maximum Gasteiger partial charge on any atom is 0.0662 e. The Hall–Kier alpha value is -0.590. The quantitative estimate of drug-likeness (QED) is 0.645. The molecule has 2 N–H and O–H groups in total. The average Bonchev–Trinajstić information content (AvgIpc) is 2.86. The summed E-state index contributed by atoms with van der Waals surface area (Å²) in [6.45, 7) is 3.51. The molecule has 1 rings (SSSR count). The summed E-state index contributed by atoms with van der Waals surface area (Å²) >= 11 is 0. The first-order valence-corrected chi connectivity index (χ1v) is 4.98. The molecule has 74 valence electrons. The second-order valence-electron chi connectivity index (χ2n) is 4.03. The van der Waals surface area contributed by atoms with Crippen molar-refractivity contribution in [2.75, 3.05) is 13.1 Å². The molecule has 0 aromatic heterocycles. The zero-order chi connectivity index (χ0) is 9.73. The van der Waals surface area contributed by atoms with Gasteiger partial charge in [0.1, 0.15) is 0 Å². The van der Waals surface area contributed by atoms with Crippen molar-refractivity contribution in [3.8, 4) is 6.07 Å². The van der Waals surface area contributed by atoms with Crippen LogP contribution in [0.4, 0.5) is 0 Å².